The Morgan fingerprint density at radius 1 is 1.36 bits per heavy atom. The Labute approximate surface area is 151 Å². The largest absolute Gasteiger partial charge is 0.386 e. The van der Waals surface area contributed by atoms with Gasteiger partial charge in [-0.1, -0.05) is 32.0 Å². The smallest absolute Gasteiger partial charge is 0.242 e. The highest BCUT2D eigenvalue weighted by atomic mass is 32.1. The molecule has 0 bridgehead atoms. The highest BCUT2D eigenvalue weighted by Crippen LogP contribution is 2.29. The lowest BCUT2D eigenvalue weighted by atomic mass is 10.1. The number of benzene rings is 1. The first-order valence-electron chi connectivity index (χ1n) is 8.72. The minimum Gasteiger partial charge on any atom is -0.386 e. The first-order chi connectivity index (χ1) is 12.0. The van der Waals surface area contributed by atoms with Crippen molar-refractivity contribution in [3.63, 3.8) is 0 Å². The molecule has 1 saturated heterocycles. The molecule has 25 heavy (non-hydrogen) atoms. The number of carbonyl (C=O) groups is 2. The number of rotatable bonds is 5. The standard InChI is InChI=1S/C19H24N2O3S/c1-12(2)19(24)21-9-5-7-14(21)18(23)20-11-15(22)17-10-13-6-3-4-8-16(13)25-17/h3-4,6,8,10,12,14-15,22H,5,7,9,11H2,1-2H3,(H,20,23). The van der Waals surface area contributed by atoms with Gasteiger partial charge in [-0.25, -0.2) is 0 Å². The van der Waals surface area contributed by atoms with Gasteiger partial charge in [-0.05, 0) is 30.4 Å². The number of hydrogen-bond donors (Lipinski definition) is 2. The van der Waals surface area contributed by atoms with E-state index in [4.69, 9.17) is 0 Å². The van der Waals surface area contributed by atoms with Crippen LogP contribution in [0.4, 0.5) is 0 Å². The number of thiophene rings is 1. The van der Waals surface area contributed by atoms with Gasteiger partial charge in [0.15, 0.2) is 0 Å². The SMILES string of the molecule is CC(C)C(=O)N1CCCC1C(=O)NCC(O)c1cc2ccccc2s1. The summed E-state index contributed by atoms with van der Waals surface area (Å²) in [6, 6.07) is 9.51. The van der Waals surface area contributed by atoms with E-state index in [0.29, 0.717) is 13.0 Å². The maximum atomic E-state index is 12.5. The van der Waals surface area contributed by atoms with Gasteiger partial charge in [0.05, 0.1) is 0 Å². The van der Waals surface area contributed by atoms with E-state index in [1.54, 1.807) is 4.90 Å². The summed E-state index contributed by atoms with van der Waals surface area (Å²) in [6.45, 7) is 4.49. The van der Waals surface area contributed by atoms with Crippen molar-refractivity contribution in [1.82, 2.24) is 10.2 Å². The summed E-state index contributed by atoms with van der Waals surface area (Å²) in [5.41, 5.74) is 0. The maximum Gasteiger partial charge on any atom is 0.242 e. The predicted octanol–water partition coefficient (Wildman–Crippen LogP) is 2.70. The van der Waals surface area contributed by atoms with Crippen molar-refractivity contribution in [1.29, 1.82) is 0 Å². The van der Waals surface area contributed by atoms with Crippen molar-refractivity contribution >= 4 is 33.2 Å². The fourth-order valence-electron chi connectivity index (χ4n) is 3.22. The summed E-state index contributed by atoms with van der Waals surface area (Å²) in [6.07, 6.45) is 0.788. The maximum absolute atomic E-state index is 12.5. The van der Waals surface area contributed by atoms with E-state index in [0.717, 1.165) is 21.4 Å². The van der Waals surface area contributed by atoms with Crippen LogP contribution in [0.3, 0.4) is 0 Å². The molecule has 2 amide bonds. The summed E-state index contributed by atoms with van der Waals surface area (Å²) in [5, 5.41) is 14.3. The van der Waals surface area contributed by atoms with E-state index in [1.807, 2.05) is 44.2 Å². The molecule has 0 aliphatic carbocycles. The molecule has 2 heterocycles. The fraction of sp³-hybridized carbons (Fsp3) is 0.474. The molecule has 134 valence electrons. The van der Waals surface area contributed by atoms with Gasteiger partial charge in [0, 0.05) is 28.6 Å². The Hall–Kier alpha value is -1.92. The Kier molecular flexibility index (Phi) is 5.39. The Morgan fingerprint density at radius 3 is 2.84 bits per heavy atom. The molecule has 6 heteroatoms. The summed E-state index contributed by atoms with van der Waals surface area (Å²) < 4.78 is 1.12. The lowest BCUT2D eigenvalue weighted by molar-refractivity contribution is -0.140. The molecule has 0 radical (unpaired) electrons. The lowest BCUT2D eigenvalue weighted by Gasteiger charge is -2.26. The molecule has 2 N–H and O–H groups in total. The summed E-state index contributed by atoms with van der Waals surface area (Å²) in [4.78, 5) is 27.2. The van der Waals surface area contributed by atoms with Gasteiger partial charge in [0.1, 0.15) is 12.1 Å². The van der Waals surface area contributed by atoms with Crippen LogP contribution in [0.5, 0.6) is 0 Å². The van der Waals surface area contributed by atoms with Crippen LogP contribution in [0.2, 0.25) is 0 Å². The van der Waals surface area contributed by atoms with Crippen molar-refractivity contribution in [3.05, 3.63) is 35.2 Å². The molecule has 1 aliphatic heterocycles. The lowest BCUT2D eigenvalue weighted by Crippen LogP contribution is -2.47. The third-order valence-electron chi connectivity index (χ3n) is 4.58. The molecule has 1 aromatic heterocycles. The number of amides is 2. The number of likely N-dealkylation sites (tertiary alicyclic amines) is 1. The van der Waals surface area contributed by atoms with Crippen LogP contribution in [0.1, 0.15) is 37.7 Å². The zero-order chi connectivity index (χ0) is 18.0. The van der Waals surface area contributed by atoms with Crippen LogP contribution in [-0.4, -0.2) is 41.0 Å². The van der Waals surface area contributed by atoms with Crippen LogP contribution in [0.25, 0.3) is 10.1 Å². The van der Waals surface area contributed by atoms with Crippen LogP contribution in [-0.2, 0) is 9.59 Å². The molecule has 5 nitrogen and oxygen atoms in total. The monoisotopic (exact) mass is 360 g/mol. The number of hydrogen-bond acceptors (Lipinski definition) is 4. The molecule has 1 aliphatic rings. The number of aliphatic hydroxyl groups is 1. The Bertz CT molecular complexity index is 738. The first kappa shape index (κ1) is 17.9. The number of nitrogens with one attached hydrogen (secondary N) is 1. The van der Waals surface area contributed by atoms with Gasteiger partial charge < -0.3 is 15.3 Å². The van der Waals surface area contributed by atoms with Crippen molar-refractivity contribution < 1.29 is 14.7 Å². The molecule has 2 aromatic rings. The van der Waals surface area contributed by atoms with Crippen molar-refractivity contribution in [2.75, 3.05) is 13.1 Å². The minimum absolute atomic E-state index is 0.0164. The zero-order valence-corrected chi connectivity index (χ0v) is 15.4. The molecule has 1 aromatic carbocycles. The minimum atomic E-state index is -0.739. The van der Waals surface area contributed by atoms with Crippen LogP contribution >= 0.6 is 11.3 Å². The van der Waals surface area contributed by atoms with Crippen molar-refractivity contribution in [3.8, 4) is 0 Å². The summed E-state index contributed by atoms with van der Waals surface area (Å²) >= 11 is 1.53. The topological polar surface area (TPSA) is 69.6 Å². The molecule has 2 atom stereocenters. The van der Waals surface area contributed by atoms with E-state index in [1.165, 1.54) is 11.3 Å². The molecule has 0 saturated carbocycles. The van der Waals surface area contributed by atoms with Crippen LogP contribution < -0.4 is 5.32 Å². The second kappa shape index (κ2) is 7.54. The van der Waals surface area contributed by atoms with Gasteiger partial charge in [-0.3, -0.25) is 9.59 Å². The highest BCUT2D eigenvalue weighted by molar-refractivity contribution is 7.19. The fourth-order valence-corrected chi connectivity index (χ4v) is 4.27. The van der Waals surface area contributed by atoms with Crippen LogP contribution in [0, 0.1) is 5.92 Å². The van der Waals surface area contributed by atoms with Gasteiger partial charge >= 0.3 is 0 Å². The van der Waals surface area contributed by atoms with E-state index in [9.17, 15) is 14.7 Å². The van der Waals surface area contributed by atoms with Gasteiger partial charge in [-0.2, -0.15) is 0 Å². The van der Waals surface area contributed by atoms with E-state index < -0.39 is 12.1 Å². The van der Waals surface area contributed by atoms with Crippen LogP contribution in [0.15, 0.2) is 30.3 Å². The van der Waals surface area contributed by atoms with E-state index >= 15 is 0 Å². The first-order valence-corrected chi connectivity index (χ1v) is 9.53. The average Bonchev–Trinajstić information content (AvgIpc) is 3.25. The molecular formula is C19H24N2O3S. The Morgan fingerprint density at radius 2 is 2.12 bits per heavy atom. The van der Waals surface area contributed by atoms with Crippen molar-refractivity contribution in [2.45, 2.75) is 38.8 Å². The molecular weight excluding hydrogens is 336 g/mol. The van der Waals surface area contributed by atoms with Gasteiger partial charge in [0.25, 0.3) is 0 Å². The summed E-state index contributed by atoms with van der Waals surface area (Å²) in [5.74, 6) is -0.271. The molecule has 1 fully saturated rings. The number of fused-ring (bicyclic) bond motifs is 1. The number of aliphatic hydroxyl groups excluding tert-OH is 1. The quantitative estimate of drug-likeness (QED) is 0.861. The molecule has 3 rings (SSSR count). The second-order valence-electron chi connectivity index (χ2n) is 6.79. The van der Waals surface area contributed by atoms with Gasteiger partial charge in [-0.15, -0.1) is 11.3 Å². The second-order valence-corrected chi connectivity index (χ2v) is 7.91. The third-order valence-corrected chi connectivity index (χ3v) is 5.79. The van der Waals surface area contributed by atoms with E-state index in [-0.39, 0.29) is 24.3 Å². The van der Waals surface area contributed by atoms with Crippen molar-refractivity contribution in [2.24, 2.45) is 5.92 Å². The highest BCUT2D eigenvalue weighted by Gasteiger charge is 2.34. The predicted molar refractivity (Wildman–Crippen MR) is 99.4 cm³/mol. The van der Waals surface area contributed by atoms with Gasteiger partial charge in [0.2, 0.25) is 11.8 Å². The zero-order valence-electron chi connectivity index (χ0n) is 14.6. The summed E-state index contributed by atoms with van der Waals surface area (Å²) in [7, 11) is 0. The third kappa shape index (κ3) is 3.85. The molecule has 2 unspecified atom stereocenters. The van der Waals surface area contributed by atoms with E-state index in [2.05, 4.69) is 5.32 Å². The number of nitrogens with zero attached hydrogens (tertiary/aromatic N) is 1. The normalized spacial score (nSPS) is 18.7. The Balaban J connectivity index is 1.60. The average molecular weight is 360 g/mol. The molecule has 0 spiro atoms. The number of carbonyl (C=O) groups excluding carboxylic acids is 2.